The van der Waals surface area contributed by atoms with Crippen molar-refractivity contribution >= 4 is 0 Å². The summed E-state index contributed by atoms with van der Waals surface area (Å²) in [6.45, 7) is 11.2. The highest BCUT2D eigenvalue weighted by molar-refractivity contribution is 4.87. The summed E-state index contributed by atoms with van der Waals surface area (Å²) in [7, 11) is 2.19. The zero-order valence-electron chi connectivity index (χ0n) is 9.63. The van der Waals surface area contributed by atoms with Gasteiger partial charge in [-0.15, -0.1) is 0 Å². The molecule has 0 aromatic rings. The normalized spacial score (nSPS) is 29.5. The minimum Gasteiger partial charge on any atom is -0.375 e. The molecule has 1 fully saturated rings. The van der Waals surface area contributed by atoms with Gasteiger partial charge in [0.05, 0.1) is 12.2 Å². The molecule has 1 saturated heterocycles. The second kappa shape index (κ2) is 3.97. The summed E-state index contributed by atoms with van der Waals surface area (Å²) in [6.07, 6.45) is 1.96. The summed E-state index contributed by atoms with van der Waals surface area (Å²) < 4.78 is 5.93. The van der Waals surface area contributed by atoms with Crippen LogP contribution in [0.2, 0.25) is 0 Å². The van der Waals surface area contributed by atoms with Gasteiger partial charge in [-0.25, -0.2) is 0 Å². The zero-order chi connectivity index (χ0) is 10.1. The molecule has 0 saturated carbocycles. The Hall–Kier alpha value is -0.0800. The van der Waals surface area contributed by atoms with Gasteiger partial charge in [0.1, 0.15) is 0 Å². The van der Waals surface area contributed by atoms with Crippen molar-refractivity contribution in [1.29, 1.82) is 0 Å². The van der Waals surface area contributed by atoms with E-state index < -0.39 is 0 Å². The Kier molecular flexibility index (Phi) is 3.36. The maximum absolute atomic E-state index is 5.93. The van der Waals surface area contributed by atoms with Crippen molar-refractivity contribution in [2.45, 2.75) is 46.3 Å². The van der Waals surface area contributed by atoms with E-state index in [0.717, 1.165) is 6.54 Å². The van der Waals surface area contributed by atoms with Crippen LogP contribution in [0.25, 0.3) is 0 Å². The second-order valence-electron chi connectivity index (χ2n) is 5.19. The smallest absolute Gasteiger partial charge is 0.0653 e. The molecule has 1 aliphatic heterocycles. The average Bonchev–Trinajstić information content (AvgIpc) is 1.93. The molecule has 1 atom stereocenters. The number of piperidine rings is 1. The van der Waals surface area contributed by atoms with Crippen molar-refractivity contribution in [2.24, 2.45) is 5.41 Å². The fraction of sp³-hybridized carbons (Fsp3) is 1.00. The Balaban J connectivity index is 2.54. The van der Waals surface area contributed by atoms with Crippen LogP contribution in [0.3, 0.4) is 0 Å². The Morgan fingerprint density at radius 3 is 2.46 bits per heavy atom. The summed E-state index contributed by atoms with van der Waals surface area (Å²) in [5.41, 5.74) is 0.303. The van der Waals surface area contributed by atoms with Gasteiger partial charge in [-0.3, -0.25) is 0 Å². The third kappa shape index (κ3) is 2.96. The Bertz CT molecular complexity index is 165. The van der Waals surface area contributed by atoms with Crippen LogP contribution in [0.4, 0.5) is 0 Å². The molecule has 0 aromatic heterocycles. The fourth-order valence-electron chi connectivity index (χ4n) is 2.19. The molecular weight excluding hydrogens is 162 g/mol. The number of hydrogen-bond donors (Lipinski definition) is 0. The van der Waals surface area contributed by atoms with Crippen LogP contribution in [0.15, 0.2) is 0 Å². The van der Waals surface area contributed by atoms with E-state index in [1.54, 1.807) is 0 Å². The van der Waals surface area contributed by atoms with Crippen LogP contribution in [0.5, 0.6) is 0 Å². The van der Waals surface area contributed by atoms with Gasteiger partial charge < -0.3 is 9.64 Å². The number of nitrogens with zero attached hydrogens (tertiary/aromatic N) is 1. The van der Waals surface area contributed by atoms with Crippen LogP contribution in [-0.2, 0) is 4.74 Å². The maximum atomic E-state index is 5.93. The monoisotopic (exact) mass is 185 g/mol. The average molecular weight is 185 g/mol. The van der Waals surface area contributed by atoms with Crippen molar-refractivity contribution < 1.29 is 4.74 Å². The molecule has 0 N–H and O–H groups in total. The molecule has 0 aromatic carbocycles. The van der Waals surface area contributed by atoms with Crippen molar-refractivity contribution in [3.05, 3.63) is 0 Å². The molecule has 1 heterocycles. The molecule has 0 aliphatic carbocycles. The fourth-order valence-corrected chi connectivity index (χ4v) is 2.19. The van der Waals surface area contributed by atoms with Crippen molar-refractivity contribution in [1.82, 2.24) is 4.90 Å². The second-order valence-corrected chi connectivity index (χ2v) is 5.19. The Labute approximate surface area is 82.3 Å². The van der Waals surface area contributed by atoms with E-state index in [9.17, 15) is 0 Å². The predicted octanol–water partition coefficient (Wildman–Crippen LogP) is 2.14. The SMILES string of the molecule is CC(C)OC1CCN(C)CC1(C)C. The quantitative estimate of drug-likeness (QED) is 0.653. The van der Waals surface area contributed by atoms with Gasteiger partial charge in [-0.1, -0.05) is 13.8 Å². The number of ether oxygens (including phenoxy) is 1. The molecule has 1 rings (SSSR count). The van der Waals surface area contributed by atoms with Gasteiger partial charge in [0.2, 0.25) is 0 Å². The van der Waals surface area contributed by atoms with Crippen LogP contribution < -0.4 is 0 Å². The summed E-state index contributed by atoms with van der Waals surface area (Å²) in [4.78, 5) is 2.39. The topological polar surface area (TPSA) is 12.5 Å². The number of hydrogen-bond acceptors (Lipinski definition) is 2. The van der Waals surface area contributed by atoms with Gasteiger partial charge in [0, 0.05) is 18.5 Å². The van der Waals surface area contributed by atoms with Gasteiger partial charge in [0.25, 0.3) is 0 Å². The van der Waals surface area contributed by atoms with Gasteiger partial charge in [-0.05, 0) is 27.3 Å². The summed E-state index contributed by atoms with van der Waals surface area (Å²) in [5.74, 6) is 0. The lowest BCUT2D eigenvalue weighted by Gasteiger charge is -2.43. The predicted molar refractivity (Wildman–Crippen MR) is 55.9 cm³/mol. The van der Waals surface area contributed by atoms with E-state index in [-0.39, 0.29) is 0 Å². The lowest BCUT2D eigenvalue weighted by molar-refractivity contribution is -0.0929. The minimum absolute atomic E-state index is 0.303. The van der Waals surface area contributed by atoms with Crippen LogP contribution >= 0.6 is 0 Å². The zero-order valence-corrected chi connectivity index (χ0v) is 9.63. The standard InChI is InChI=1S/C11H23NO/c1-9(2)13-10-6-7-12(5)8-11(10,3)4/h9-10H,6-8H2,1-5H3. The first-order chi connectivity index (χ1) is 5.92. The molecule has 13 heavy (non-hydrogen) atoms. The van der Waals surface area contributed by atoms with Crippen LogP contribution in [-0.4, -0.2) is 37.2 Å². The maximum Gasteiger partial charge on any atom is 0.0653 e. The highest BCUT2D eigenvalue weighted by Gasteiger charge is 2.35. The van der Waals surface area contributed by atoms with Gasteiger partial charge in [0.15, 0.2) is 0 Å². The number of likely N-dealkylation sites (tertiary alicyclic amines) is 1. The van der Waals surface area contributed by atoms with E-state index >= 15 is 0 Å². The van der Waals surface area contributed by atoms with E-state index in [1.165, 1.54) is 13.0 Å². The van der Waals surface area contributed by atoms with Crippen LogP contribution in [0, 0.1) is 5.41 Å². The van der Waals surface area contributed by atoms with Crippen LogP contribution in [0.1, 0.15) is 34.1 Å². The molecule has 0 amide bonds. The highest BCUT2D eigenvalue weighted by atomic mass is 16.5. The summed E-state index contributed by atoms with van der Waals surface area (Å²) in [5, 5.41) is 0. The molecule has 1 unspecified atom stereocenters. The Morgan fingerprint density at radius 2 is 2.00 bits per heavy atom. The highest BCUT2D eigenvalue weighted by Crippen LogP contribution is 2.31. The first-order valence-corrected chi connectivity index (χ1v) is 5.26. The largest absolute Gasteiger partial charge is 0.375 e. The number of rotatable bonds is 2. The Morgan fingerprint density at radius 1 is 1.38 bits per heavy atom. The molecule has 78 valence electrons. The first-order valence-electron chi connectivity index (χ1n) is 5.26. The van der Waals surface area contributed by atoms with Gasteiger partial charge >= 0.3 is 0 Å². The molecule has 2 nitrogen and oxygen atoms in total. The third-order valence-electron chi connectivity index (χ3n) is 2.76. The molecule has 0 radical (unpaired) electrons. The van der Waals surface area contributed by atoms with Crippen molar-refractivity contribution in [3.63, 3.8) is 0 Å². The first kappa shape index (κ1) is 11.0. The molecule has 0 spiro atoms. The van der Waals surface area contributed by atoms with E-state index in [0.29, 0.717) is 17.6 Å². The van der Waals surface area contributed by atoms with E-state index in [1.807, 2.05) is 0 Å². The molecule has 2 heteroatoms. The summed E-state index contributed by atoms with van der Waals surface area (Å²) in [6, 6.07) is 0. The lowest BCUT2D eigenvalue weighted by Crippen LogP contribution is -2.48. The molecule has 0 bridgehead atoms. The van der Waals surface area contributed by atoms with Gasteiger partial charge in [-0.2, -0.15) is 0 Å². The molecular formula is C11H23NO. The van der Waals surface area contributed by atoms with E-state index in [2.05, 4.69) is 39.6 Å². The minimum atomic E-state index is 0.303. The summed E-state index contributed by atoms with van der Waals surface area (Å²) >= 11 is 0. The third-order valence-corrected chi connectivity index (χ3v) is 2.76. The van der Waals surface area contributed by atoms with E-state index in [4.69, 9.17) is 4.74 Å². The van der Waals surface area contributed by atoms with Crippen molar-refractivity contribution in [3.8, 4) is 0 Å². The lowest BCUT2D eigenvalue weighted by atomic mass is 9.81. The molecule has 1 aliphatic rings. The van der Waals surface area contributed by atoms with Crippen molar-refractivity contribution in [2.75, 3.05) is 20.1 Å².